The Balaban J connectivity index is 2.06. The monoisotopic (exact) mass is 541 g/mol. The molecule has 196 valence electrons. The smallest absolute Gasteiger partial charge is 0.244 e. The van der Waals surface area contributed by atoms with Crippen molar-refractivity contribution in [1.82, 2.24) is 10.2 Å². The summed E-state index contributed by atoms with van der Waals surface area (Å²) in [4.78, 5) is 28.5. The molecule has 3 aromatic carbocycles. The first kappa shape index (κ1) is 28.2. The number of halogens is 1. The maximum Gasteiger partial charge on any atom is 0.244 e. The number of sulfonamides is 1. The van der Waals surface area contributed by atoms with Crippen LogP contribution in [0.25, 0.3) is 0 Å². The Morgan fingerprint density at radius 1 is 0.946 bits per heavy atom. The maximum absolute atomic E-state index is 13.9. The molecule has 0 aromatic heterocycles. The molecule has 1 atom stereocenters. The predicted molar refractivity (Wildman–Crippen MR) is 148 cm³/mol. The van der Waals surface area contributed by atoms with E-state index in [0.717, 1.165) is 27.3 Å². The van der Waals surface area contributed by atoms with Gasteiger partial charge in [0.15, 0.2) is 0 Å². The lowest BCUT2D eigenvalue weighted by Crippen LogP contribution is -2.53. The minimum absolute atomic E-state index is 0.136. The minimum atomic E-state index is -3.85. The van der Waals surface area contributed by atoms with Crippen LogP contribution in [-0.2, 0) is 32.6 Å². The van der Waals surface area contributed by atoms with Gasteiger partial charge in [-0.3, -0.25) is 13.9 Å². The number of hydrogen-bond acceptors (Lipinski definition) is 4. The van der Waals surface area contributed by atoms with Crippen LogP contribution in [0.4, 0.5) is 5.69 Å². The van der Waals surface area contributed by atoms with E-state index in [1.165, 1.54) is 11.9 Å². The second kappa shape index (κ2) is 12.3. The van der Waals surface area contributed by atoms with Gasteiger partial charge in [0.05, 0.1) is 11.9 Å². The van der Waals surface area contributed by atoms with Crippen LogP contribution < -0.4 is 9.62 Å². The van der Waals surface area contributed by atoms with Crippen LogP contribution in [0.15, 0.2) is 72.8 Å². The summed E-state index contributed by atoms with van der Waals surface area (Å²) in [6, 6.07) is 21.1. The maximum atomic E-state index is 13.9. The lowest BCUT2D eigenvalue weighted by Gasteiger charge is -2.33. The molecule has 37 heavy (non-hydrogen) atoms. The normalized spacial score (nSPS) is 12.0. The molecule has 0 heterocycles. The van der Waals surface area contributed by atoms with E-state index in [2.05, 4.69) is 5.32 Å². The van der Waals surface area contributed by atoms with Gasteiger partial charge in [0.25, 0.3) is 0 Å². The number of hydrogen-bond donors (Lipinski definition) is 1. The molecular formula is C28H32ClN3O4S. The zero-order valence-corrected chi connectivity index (χ0v) is 23.0. The molecule has 0 aliphatic heterocycles. The lowest BCUT2D eigenvalue weighted by atomic mass is 10.0. The third kappa shape index (κ3) is 7.33. The van der Waals surface area contributed by atoms with Gasteiger partial charge in [-0.05, 0) is 42.7 Å². The van der Waals surface area contributed by atoms with E-state index in [-0.39, 0.29) is 18.9 Å². The molecule has 2 amide bonds. The largest absolute Gasteiger partial charge is 0.357 e. The topological polar surface area (TPSA) is 86.8 Å². The summed E-state index contributed by atoms with van der Waals surface area (Å²) in [6.45, 7) is 3.31. The van der Waals surface area contributed by atoms with Gasteiger partial charge in [0.2, 0.25) is 21.8 Å². The number of anilines is 1. The standard InChI is InChI=1S/C28H32ClN3O4S/c1-20-10-8-13-23(16-20)18-31(26(28(34)30-3)17-22-11-6-5-7-12-22)27(33)19-32(37(4,35)36)25-15-9-14-24(29)21(25)2/h5-16,26H,17-19H2,1-4H3,(H,30,34). The Hall–Kier alpha value is -3.36. The number of nitrogens with zero attached hydrogens (tertiary/aromatic N) is 2. The van der Waals surface area contributed by atoms with Crippen molar-refractivity contribution in [3.63, 3.8) is 0 Å². The predicted octanol–water partition coefficient (Wildman–Crippen LogP) is 4.11. The second-order valence-corrected chi connectivity index (χ2v) is 11.3. The molecule has 7 nitrogen and oxygen atoms in total. The van der Waals surface area contributed by atoms with Crippen molar-refractivity contribution >= 4 is 39.1 Å². The third-order valence-corrected chi connectivity index (χ3v) is 7.68. The Labute approximate surface area is 224 Å². The van der Waals surface area contributed by atoms with Crippen molar-refractivity contribution in [3.8, 4) is 0 Å². The van der Waals surface area contributed by atoms with E-state index < -0.39 is 28.5 Å². The summed E-state index contributed by atoms with van der Waals surface area (Å²) in [5.74, 6) is -0.842. The van der Waals surface area contributed by atoms with Crippen molar-refractivity contribution in [1.29, 1.82) is 0 Å². The summed E-state index contributed by atoms with van der Waals surface area (Å²) < 4.78 is 26.7. The molecule has 3 aromatic rings. The minimum Gasteiger partial charge on any atom is -0.357 e. The fourth-order valence-corrected chi connectivity index (χ4v) is 5.26. The average molecular weight is 542 g/mol. The quantitative estimate of drug-likeness (QED) is 0.418. The van der Waals surface area contributed by atoms with Gasteiger partial charge < -0.3 is 10.2 Å². The molecule has 0 spiro atoms. The van der Waals surface area contributed by atoms with Crippen LogP contribution in [0.5, 0.6) is 0 Å². The van der Waals surface area contributed by atoms with Crippen molar-refractivity contribution < 1.29 is 18.0 Å². The lowest BCUT2D eigenvalue weighted by molar-refractivity contribution is -0.139. The number of carbonyl (C=O) groups is 2. The van der Waals surface area contributed by atoms with Gasteiger partial charge >= 0.3 is 0 Å². The first-order chi connectivity index (χ1) is 17.5. The number of likely N-dealkylation sites (N-methyl/N-ethyl adjacent to an activating group) is 1. The number of amides is 2. The molecule has 3 rings (SSSR count). The van der Waals surface area contributed by atoms with Gasteiger partial charge in [0, 0.05) is 25.0 Å². The molecule has 0 saturated carbocycles. The molecule has 0 aliphatic rings. The zero-order chi connectivity index (χ0) is 27.2. The van der Waals surface area contributed by atoms with Crippen LogP contribution in [0.2, 0.25) is 5.02 Å². The number of benzene rings is 3. The highest BCUT2D eigenvalue weighted by Gasteiger charge is 2.33. The Kier molecular flexibility index (Phi) is 9.34. The van der Waals surface area contributed by atoms with E-state index in [1.54, 1.807) is 25.1 Å². The van der Waals surface area contributed by atoms with Gasteiger partial charge in [-0.25, -0.2) is 8.42 Å². The van der Waals surface area contributed by atoms with Crippen molar-refractivity contribution in [3.05, 3.63) is 100 Å². The Morgan fingerprint density at radius 3 is 2.22 bits per heavy atom. The SMILES string of the molecule is CNC(=O)C(Cc1ccccc1)N(Cc1cccc(C)c1)C(=O)CN(c1cccc(Cl)c1C)S(C)(=O)=O. The van der Waals surface area contributed by atoms with E-state index in [1.807, 2.05) is 61.5 Å². The third-order valence-electron chi connectivity index (χ3n) is 6.14. The van der Waals surface area contributed by atoms with Crippen molar-refractivity contribution in [2.75, 3.05) is 24.2 Å². The highest BCUT2D eigenvalue weighted by atomic mass is 35.5. The first-order valence-corrected chi connectivity index (χ1v) is 14.1. The number of aryl methyl sites for hydroxylation is 1. The van der Waals surface area contributed by atoms with Crippen LogP contribution in [0, 0.1) is 13.8 Å². The molecule has 0 aliphatic carbocycles. The molecule has 0 fully saturated rings. The fourth-order valence-electron chi connectivity index (χ4n) is 4.19. The summed E-state index contributed by atoms with van der Waals surface area (Å²) in [5, 5.41) is 3.06. The summed E-state index contributed by atoms with van der Waals surface area (Å²) in [5.41, 5.74) is 3.58. The number of nitrogens with one attached hydrogen (secondary N) is 1. The van der Waals surface area contributed by atoms with Crippen LogP contribution >= 0.6 is 11.6 Å². The van der Waals surface area contributed by atoms with Crippen molar-refractivity contribution in [2.24, 2.45) is 0 Å². The highest BCUT2D eigenvalue weighted by molar-refractivity contribution is 7.92. The Morgan fingerprint density at radius 2 is 1.59 bits per heavy atom. The van der Waals surface area contributed by atoms with Crippen LogP contribution in [-0.4, -0.2) is 51.0 Å². The van der Waals surface area contributed by atoms with Gasteiger partial charge in [-0.15, -0.1) is 0 Å². The number of rotatable bonds is 10. The zero-order valence-electron chi connectivity index (χ0n) is 21.4. The van der Waals surface area contributed by atoms with Crippen molar-refractivity contribution in [2.45, 2.75) is 32.9 Å². The van der Waals surface area contributed by atoms with E-state index in [9.17, 15) is 18.0 Å². The van der Waals surface area contributed by atoms with E-state index in [0.29, 0.717) is 16.3 Å². The fraction of sp³-hybridized carbons (Fsp3) is 0.286. The average Bonchev–Trinajstić information content (AvgIpc) is 2.86. The van der Waals surface area contributed by atoms with Crippen LogP contribution in [0.3, 0.4) is 0 Å². The summed E-state index contributed by atoms with van der Waals surface area (Å²) >= 11 is 6.26. The molecule has 9 heteroatoms. The molecule has 1 unspecified atom stereocenters. The van der Waals surface area contributed by atoms with Crippen LogP contribution in [0.1, 0.15) is 22.3 Å². The van der Waals surface area contributed by atoms with Gasteiger partial charge in [0.1, 0.15) is 12.6 Å². The highest BCUT2D eigenvalue weighted by Crippen LogP contribution is 2.28. The molecule has 1 N–H and O–H groups in total. The van der Waals surface area contributed by atoms with Gasteiger partial charge in [-0.1, -0.05) is 77.8 Å². The molecular weight excluding hydrogens is 510 g/mol. The summed E-state index contributed by atoms with van der Waals surface area (Å²) in [6.07, 6.45) is 1.32. The second-order valence-electron chi connectivity index (χ2n) is 8.98. The molecule has 0 bridgehead atoms. The summed E-state index contributed by atoms with van der Waals surface area (Å²) in [7, 11) is -2.33. The van der Waals surface area contributed by atoms with Gasteiger partial charge in [-0.2, -0.15) is 0 Å². The van der Waals surface area contributed by atoms with E-state index >= 15 is 0 Å². The molecule has 0 radical (unpaired) electrons. The van der Waals surface area contributed by atoms with E-state index in [4.69, 9.17) is 11.6 Å². The number of carbonyl (C=O) groups excluding carboxylic acids is 2. The Bertz CT molecular complexity index is 1360. The molecule has 0 saturated heterocycles. The first-order valence-electron chi connectivity index (χ1n) is 11.8.